The number of hydrogen-bond acceptors (Lipinski definition) is 0. The normalized spacial score (nSPS) is 11.4. The molecule has 0 saturated carbocycles. The molecule has 0 aromatic heterocycles. The predicted octanol–water partition coefficient (Wildman–Crippen LogP) is 5.15. The third-order valence-corrected chi connectivity index (χ3v) is 4.76. The van der Waals surface area contributed by atoms with Crippen molar-refractivity contribution in [3.8, 4) is 0 Å². The molecule has 0 aliphatic carbocycles. The lowest BCUT2D eigenvalue weighted by atomic mass is 9.74. The fraction of sp³-hybridized carbons (Fsp3) is 0.250. The van der Waals surface area contributed by atoms with E-state index in [4.69, 9.17) is 0 Å². The van der Waals surface area contributed by atoms with Gasteiger partial charge < -0.3 is 0 Å². The third kappa shape index (κ3) is 2.70. The molecule has 18 heavy (non-hydrogen) atoms. The maximum Gasteiger partial charge on any atom is 0.0307 e. The van der Waals surface area contributed by atoms with Crippen LogP contribution in [0, 0.1) is 0 Å². The van der Waals surface area contributed by atoms with Crippen LogP contribution >= 0.6 is 31.9 Å². The lowest BCUT2D eigenvalue weighted by Crippen LogP contribution is -2.30. The second-order valence-electron chi connectivity index (χ2n) is 4.39. The number of alkyl halides is 2. The standard InChI is InChI=1S/C16H16Br2/c17-12-11-16(13-18,14-7-3-1-4-8-14)15-9-5-2-6-10-15/h1-10H,11-13H2. The van der Waals surface area contributed by atoms with Gasteiger partial charge in [0.1, 0.15) is 0 Å². The summed E-state index contributed by atoms with van der Waals surface area (Å²) in [6.45, 7) is 0. The van der Waals surface area contributed by atoms with Gasteiger partial charge >= 0.3 is 0 Å². The number of halogens is 2. The number of benzene rings is 2. The average Bonchev–Trinajstić information content (AvgIpc) is 2.47. The van der Waals surface area contributed by atoms with Gasteiger partial charge in [0.2, 0.25) is 0 Å². The second kappa shape index (κ2) is 6.53. The topological polar surface area (TPSA) is 0 Å². The van der Waals surface area contributed by atoms with E-state index in [0.717, 1.165) is 17.1 Å². The summed E-state index contributed by atoms with van der Waals surface area (Å²) in [6.07, 6.45) is 1.08. The van der Waals surface area contributed by atoms with Crippen molar-refractivity contribution in [2.24, 2.45) is 0 Å². The molecule has 2 aromatic rings. The lowest BCUT2D eigenvalue weighted by Gasteiger charge is -2.33. The Morgan fingerprint density at radius 2 is 1.17 bits per heavy atom. The molecule has 0 unspecified atom stereocenters. The van der Waals surface area contributed by atoms with Crippen LogP contribution in [0.3, 0.4) is 0 Å². The molecule has 0 bridgehead atoms. The zero-order valence-electron chi connectivity index (χ0n) is 10.2. The van der Waals surface area contributed by atoms with Crippen molar-refractivity contribution >= 4 is 31.9 Å². The highest BCUT2D eigenvalue weighted by atomic mass is 79.9. The van der Waals surface area contributed by atoms with Crippen LogP contribution in [0.4, 0.5) is 0 Å². The van der Waals surface area contributed by atoms with Gasteiger partial charge in [0.05, 0.1) is 0 Å². The molecule has 2 heteroatoms. The monoisotopic (exact) mass is 366 g/mol. The quantitative estimate of drug-likeness (QED) is 0.641. The van der Waals surface area contributed by atoms with E-state index >= 15 is 0 Å². The van der Waals surface area contributed by atoms with E-state index in [1.165, 1.54) is 11.1 Å². The fourth-order valence-corrected chi connectivity index (χ4v) is 3.96. The van der Waals surface area contributed by atoms with Gasteiger partial charge in [-0.25, -0.2) is 0 Å². The summed E-state index contributed by atoms with van der Waals surface area (Å²) in [6, 6.07) is 21.5. The van der Waals surface area contributed by atoms with E-state index in [1.807, 2.05) is 0 Å². The fourth-order valence-electron chi connectivity index (χ4n) is 2.35. The van der Waals surface area contributed by atoms with Crippen LogP contribution in [0.15, 0.2) is 60.7 Å². The summed E-state index contributed by atoms with van der Waals surface area (Å²) in [5.41, 5.74) is 2.78. The number of hydrogen-bond donors (Lipinski definition) is 0. The SMILES string of the molecule is BrCCC(CBr)(c1ccccc1)c1ccccc1. The van der Waals surface area contributed by atoms with Crippen LogP contribution in [0.1, 0.15) is 17.5 Å². The summed E-state index contributed by atoms with van der Waals surface area (Å²) in [7, 11) is 0. The van der Waals surface area contributed by atoms with Crippen molar-refractivity contribution in [3.63, 3.8) is 0 Å². The van der Waals surface area contributed by atoms with Crippen molar-refractivity contribution in [2.75, 3.05) is 10.7 Å². The smallest absolute Gasteiger partial charge is 0.0307 e. The van der Waals surface area contributed by atoms with E-state index in [-0.39, 0.29) is 5.41 Å². The first kappa shape index (κ1) is 13.8. The highest BCUT2D eigenvalue weighted by Gasteiger charge is 2.32. The molecule has 0 N–H and O–H groups in total. The Morgan fingerprint density at radius 3 is 1.50 bits per heavy atom. The Kier molecular flexibility index (Phi) is 5.02. The molecule has 0 fully saturated rings. The summed E-state index contributed by atoms with van der Waals surface area (Å²) in [4.78, 5) is 0. The Hall–Kier alpha value is -0.600. The average molecular weight is 368 g/mol. The minimum absolute atomic E-state index is 0.0476. The van der Waals surface area contributed by atoms with E-state index in [0.29, 0.717) is 0 Å². The van der Waals surface area contributed by atoms with Crippen LogP contribution in [-0.4, -0.2) is 10.7 Å². The highest BCUT2D eigenvalue weighted by Crippen LogP contribution is 2.37. The second-order valence-corrected chi connectivity index (χ2v) is 5.74. The van der Waals surface area contributed by atoms with Gasteiger partial charge in [0.15, 0.2) is 0 Å². The Bertz CT molecular complexity index is 425. The Balaban J connectivity index is 2.53. The van der Waals surface area contributed by atoms with Gasteiger partial charge in [-0.2, -0.15) is 0 Å². The van der Waals surface area contributed by atoms with E-state index in [9.17, 15) is 0 Å². The molecule has 94 valence electrons. The Labute approximate surface area is 126 Å². The van der Waals surface area contributed by atoms with Crippen molar-refractivity contribution in [3.05, 3.63) is 71.8 Å². The van der Waals surface area contributed by atoms with Crippen molar-refractivity contribution in [1.29, 1.82) is 0 Å². The summed E-state index contributed by atoms with van der Waals surface area (Å²) in [5.74, 6) is 0. The molecular weight excluding hydrogens is 352 g/mol. The van der Waals surface area contributed by atoms with Crippen LogP contribution in [0.2, 0.25) is 0 Å². The van der Waals surface area contributed by atoms with Crippen LogP contribution < -0.4 is 0 Å². The third-order valence-electron chi connectivity index (χ3n) is 3.40. The van der Waals surface area contributed by atoms with Gasteiger partial charge in [0.25, 0.3) is 0 Å². The first-order valence-corrected chi connectivity index (χ1v) is 8.31. The predicted molar refractivity (Wildman–Crippen MR) is 85.9 cm³/mol. The maximum absolute atomic E-state index is 3.73. The van der Waals surface area contributed by atoms with E-state index < -0.39 is 0 Å². The molecule has 0 nitrogen and oxygen atoms in total. The molecule has 0 heterocycles. The van der Waals surface area contributed by atoms with Crippen molar-refractivity contribution < 1.29 is 0 Å². The van der Waals surface area contributed by atoms with Gasteiger partial charge in [-0.15, -0.1) is 0 Å². The molecule has 2 rings (SSSR count). The van der Waals surface area contributed by atoms with Crippen molar-refractivity contribution in [1.82, 2.24) is 0 Å². The molecule has 0 amide bonds. The van der Waals surface area contributed by atoms with Crippen LogP contribution in [0.25, 0.3) is 0 Å². The largest absolute Gasteiger partial charge is 0.0928 e. The molecule has 2 aromatic carbocycles. The zero-order valence-corrected chi connectivity index (χ0v) is 13.3. The van der Waals surface area contributed by atoms with Gasteiger partial charge in [-0.1, -0.05) is 92.5 Å². The van der Waals surface area contributed by atoms with Gasteiger partial charge in [0, 0.05) is 16.1 Å². The van der Waals surface area contributed by atoms with E-state index in [1.54, 1.807) is 0 Å². The van der Waals surface area contributed by atoms with Crippen molar-refractivity contribution in [2.45, 2.75) is 11.8 Å². The van der Waals surface area contributed by atoms with Crippen LogP contribution in [0.5, 0.6) is 0 Å². The molecule has 0 spiro atoms. The van der Waals surface area contributed by atoms with Gasteiger partial charge in [-0.3, -0.25) is 0 Å². The molecule has 0 atom stereocenters. The minimum Gasteiger partial charge on any atom is -0.0928 e. The molecule has 0 aliphatic rings. The van der Waals surface area contributed by atoms with Gasteiger partial charge in [-0.05, 0) is 17.5 Å². The first-order valence-electron chi connectivity index (χ1n) is 6.06. The van der Waals surface area contributed by atoms with E-state index in [2.05, 4.69) is 92.5 Å². The molecule has 0 saturated heterocycles. The summed E-state index contributed by atoms with van der Waals surface area (Å²) in [5, 5.41) is 1.92. The lowest BCUT2D eigenvalue weighted by molar-refractivity contribution is 0.571. The molecule has 0 aliphatic heterocycles. The summed E-state index contributed by atoms with van der Waals surface area (Å²) < 4.78 is 0. The summed E-state index contributed by atoms with van der Waals surface area (Å²) >= 11 is 7.33. The van der Waals surface area contributed by atoms with Crippen LogP contribution in [-0.2, 0) is 5.41 Å². The number of rotatable bonds is 5. The Morgan fingerprint density at radius 1 is 0.722 bits per heavy atom. The highest BCUT2D eigenvalue weighted by molar-refractivity contribution is 9.09. The minimum atomic E-state index is 0.0476. The first-order chi connectivity index (χ1) is 8.83. The molecular formula is C16H16Br2. The molecule has 0 radical (unpaired) electrons. The maximum atomic E-state index is 3.73. The zero-order chi connectivity index (χ0) is 12.8.